The number of hydrogen-bond donors (Lipinski definition) is 2. The molecule has 1 aliphatic carbocycles. The van der Waals surface area contributed by atoms with Crippen LogP contribution in [0.1, 0.15) is 46.0 Å². The third-order valence-corrected chi connectivity index (χ3v) is 7.26. The summed E-state index contributed by atoms with van der Waals surface area (Å²) in [6.45, 7) is 6.36. The van der Waals surface area contributed by atoms with Crippen LogP contribution >= 0.6 is 0 Å². The molecule has 0 radical (unpaired) electrons. The van der Waals surface area contributed by atoms with E-state index < -0.39 is 0 Å². The smallest absolute Gasteiger partial charge is 0.252 e. The zero-order chi connectivity index (χ0) is 20.5. The van der Waals surface area contributed by atoms with Gasteiger partial charge in [-0.2, -0.15) is 5.26 Å². The second-order valence-electron chi connectivity index (χ2n) is 9.08. The minimum absolute atomic E-state index is 0.0292. The number of ether oxygens (including phenoxy) is 1. The Kier molecular flexibility index (Phi) is 6.09. The number of nitriles is 1. The summed E-state index contributed by atoms with van der Waals surface area (Å²) in [6, 6.07) is 2.58. The van der Waals surface area contributed by atoms with Crippen LogP contribution in [-0.4, -0.2) is 84.2 Å². The number of piperazine rings is 2. The number of fused-ring (bicyclic) bond motifs is 1. The van der Waals surface area contributed by atoms with E-state index in [9.17, 15) is 9.59 Å². The van der Waals surface area contributed by atoms with E-state index in [1.54, 1.807) is 6.92 Å². The van der Waals surface area contributed by atoms with Crippen LogP contribution in [0, 0.1) is 17.2 Å². The highest BCUT2D eigenvalue weighted by molar-refractivity contribution is 5.82. The van der Waals surface area contributed by atoms with E-state index in [4.69, 9.17) is 10.00 Å². The largest absolute Gasteiger partial charge is 0.368 e. The topological polar surface area (TPSA) is 97.7 Å². The maximum Gasteiger partial charge on any atom is 0.252 e. The van der Waals surface area contributed by atoms with Crippen LogP contribution in [-0.2, 0) is 14.3 Å². The third-order valence-electron chi connectivity index (χ3n) is 7.26. The van der Waals surface area contributed by atoms with E-state index in [-0.39, 0.29) is 42.1 Å². The Labute approximate surface area is 172 Å². The molecule has 3 heterocycles. The number of carbonyl (C=O) groups excluding carboxylic acids is 2. The Morgan fingerprint density at radius 3 is 2.59 bits per heavy atom. The van der Waals surface area contributed by atoms with Crippen molar-refractivity contribution in [3.8, 4) is 6.07 Å². The molecule has 4 rings (SSSR count). The zero-order valence-corrected chi connectivity index (χ0v) is 17.5. The molecule has 29 heavy (non-hydrogen) atoms. The lowest BCUT2D eigenvalue weighted by molar-refractivity contribution is -0.160. The average Bonchev–Trinajstić information content (AvgIpc) is 3.27. The van der Waals surface area contributed by atoms with E-state index in [1.807, 2.05) is 16.7 Å². The molecule has 2 amide bonds. The fourth-order valence-corrected chi connectivity index (χ4v) is 5.88. The zero-order valence-electron chi connectivity index (χ0n) is 17.5. The predicted molar refractivity (Wildman–Crippen MR) is 107 cm³/mol. The molecule has 8 heteroatoms. The maximum atomic E-state index is 13.3. The molecule has 3 saturated heterocycles. The van der Waals surface area contributed by atoms with Gasteiger partial charge in [0.25, 0.3) is 5.91 Å². The lowest BCUT2D eigenvalue weighted by Gasteiger charge is -2.55. The van der Waals surface area contributed by atoms with Crippen LogP contribution in [0.3, 0.4) is 0 Å². The molecule has 4 fully saturated rings. The average molecular weight is 404 g/mol. The van der Waals surface area contributed by atoms with Crippen molar-refractivity contribution in [3.63, 3.8) is 0 Å². The summed E-state index contributed by atoms with van der Waals surface area (Å²) >= 11 is 0. The number of carbonyl (C=O) groups is 2. The second kappa shape index (κ2) is 8.58. The van der Waals surface area contributed by atoms with Gasteiger partial charge in [0, 0.05) is 45.2 Å². The van der Waals surface area contributed by atoms with Gasteiger partial charge < -0.3 is 19.9 Å². The van der Waals surface area contributed by atoms with Crippen LogP contribution < -0.4 is 10.6 Å². The van der Waals surface area contributed by atoms with Gasteiger partial charge in [-0.15, -0.1) is 0 Å². The van der Waals surface area contributed by atoms with Gasteiger partial charge in [-0.05, 0) is 44.9 Å². The van der Waals surface area contributed by atoms with Crippen molar-refractivity contribution in [2.24, 2.45) is 5.92 Å². The van der Waals surface area contributed by atoms with Gasteiger partial charge in [0.15, 0.2) is 0 Å². The number of amides is 2. The standard InChI is InChI=1S/C21H33N5O3/c1-13-12-25(21(28)20-4-3-7-29-20)19-8-15(5-6-18(19)26(13)14(2)27)17-11-23-16(9-22)10-24-17/h13,15-20,23-24H,3-8,10-12H2,1-2H3/t13-,15?,16?,17?,18?,19?,20?/m0/s1. The molecule has 3 aliphatic heterocycles. The molecule has 0 spiro atoms. The molecule has 0 bridgehead atoms. The van der Waals surface area contributed by atoms with E-state index in [0.717, 1.165) is 38.6 Å². The van der Waals surface area contributed by atoms with Gasteiger partial charge in [-0.3, -0.25) is 14.9 Å². The molecule has 160 valence electrons. The summed E-state index contributed by atoms with van der Waals surface area (Å²) in [4.78, 5) is 29.7. The van der Waals surface area contributed by atoms with Gasteiger partial charge in [0.1, 0.15) is 12.1 Å². The van der Waals surface area contributed by atoms with Crippen molar-refractivity contribution in [1.29, 1.82) is 5.26 Å². The number of nitrogens with zero attached hydrogens (tertiary/aromatic N) is 3. The van der Waals surface area contributed by atoms with E-state index >= 15 is 0 Å². The summed E-state index contributed by atoms with van der Waals surface area (Å²) in [5, 5.41) is 15.9. The second-order valence-corrected chi connectivity index (χ2v) is 9.08. The molecular formula is C21H33N5O3. The first-order valence-corrected chi connectivity index (χ1v) is 11.1. The van der Waals surface area contributed by atoms with Crippen molar-refractivity contribution in [2.45, 2.75) is 82.3 Å². The Hall–Kier alpha value is -1.69. The fraction of sp³-hybridized carbons (Fsp3) is 0.857. The van der Waals surface area contributed by atoms with Gasteiger partial charge in [0.05, 0.1) is 18.2 Å². The van der Waals surface area contributed by atoms with Crippen LogP contribution in [0.2, 0.25) is 0 Å². The quantitative estimate of drug-likeness (QED) is 0.685. The minimum atomic E-state index is -0.321. The van der Waals surface area contributed by atoms with Gasteiger partial charge >= 0.3 is 0 Å². The number of rotatable bonds is 2. The van der Waals surface area contributed by atoms with Crippen LogP contribution in [0.25, 0.3) is 0 Å². The highest BCUT2D eigenvalue weighted by Gasteiger charge is 2.48. The molecule has 0 aromatic heterocycles. The first-order chi connectivity index (χ1) is 14.0. The molecule has 8 nitrogen and oxygen atoms in total. The highest BCUT2D eigenvalue weighted by Crippen LogP contribution is 2.38. The monoisotopic (exact) mass is 403 g/mol. The summed E-state index contributed by atoms with van der Waals surface area (Å²) in [7, 11) is 0. The lowest BCUT2D eigenvalue weighted by atomic mass is 9.75. The van der Waals surface area contributed by atoms with Crippen molar-refractivity contribution in [3.05, 3.63) is 0 Å². The van der Waals surface area contributed by atoms with Crippen molar-refractivity contribution in [2.75, 3.05) is 26.2 Å². The highest BCUT2D eigenvalue weighted by atomic mass is 16.5. The third kappa shape index (κ3) is 4.00. The molecule has 0 aromatic carbocycles. The lowest BCUT2D eigenvalue weighted by Crippen LogP contribution is -2.69. The van der Waals surface area contributed by atoms with Crippen LogP contribution in [0.4, 0.5) is 0 Å². The summed E-state index contributed by atoms with van der Waals surface area (Å²) in [5.41, 5.74) is 0. The minimum Gasteiger partial charge on any atom is -0.368 e. The summed E-state index contributed by atoms with van der Waals surface area (Å²) < 4.78 is 5.70. The first-order valence-electron chi connectivity index (χ1n) is 11.1. The Balaban J connectivity index is 1.52. The summed E-state index contributed by atoms with van der Waals surface area (Å²) in [6.07, 6.45) is 4.23. The Morgan fingerprint density at radius 1 is 1.14 bits per heavy atom. The van der Waals surface area contributed by atoms with Gasteiger partial charge in [-0.1, -0.05) is 0 Å². The molecule has 7 atom stereocenters. The molecule has 2 N–H and O–H groups in total. The van der Waals surface area contributed by atoms with Crippen molar-refractivity contribution in [1.82, 2.24) is 20.4 Å². The van der Waals surface area contributed by atoms with Crippen LogP contribution in [0.15, 0.2) is 0 Å². The van der Waals surface area contributed by atoms with Gasteiger partial charge in [0.2, 0.25) is 5.91 Å². The molecule has 6 unspecified atom stereocenters. The SMILES string of the molecule is CC(=O)N1C2CCC(C3CNC(C#N)CN3)CC2N(C(=O)C2CCCO2)C[C@@H]1C. The Morgan fingerprint density at radius 2 is 1.97 bits per heavy atom. The normalized spacial score (nSPS) is 40.2. The molecule has 1 saturated carbocycles. The van der Waals surface area contributed by atoms with E-state index in [0.29, 0.717) is 31.7 Å². The van der Waals surface area contributed by atoms with Crippen molar-refractivity contribution < 1.29 is 14.3 Å². The fourth-order valence-electron chi connectivity index (χ4n) is 5.88. The molecular weight excluding hydrogens is 370 g/mol. The maximum absolute atomic E-state index is 13.3. The van der Waals surface area contributed by atoms with E-state index in [2.05, 4.69) is 16.7 Å². The Bertz CT molecular complexity index is 666. The van der Waals surface area contributed by atoms with Crippen molar-refractivity contribution >= 4 is 11.8 Å². The van der Waals surface area contributed by atoms with Gasteiger partial charge in [-0.25, -0.2) is 0 Å². The molecule has 4 aliphatic rings. The van der Waals surface area contributed by atoms with E-state index in [1.165, 1.54) is 0 Å². The first kappa shape index (κ1) is 20.6. The summed E-state index contributed by atoms with van der Waals surface area (Å²) in [5.74, 6) is 0.627. The molecule has 0 aromatic rings. The number of hydrogen-bond acceptors (Lipinski definition) is 6. The predicted octanol–water partition coefficient (Wildman–Crippen LogP) is 0.235. The van der Waals surface area contributed by atoms with Crippen LogP contribution in [0.5, 0.6) is 0 Å². The number of nitrogens with one attached hydrogen (secondary N) is 2.